The zero-order valence-electron chi connectivity index (χ0n) is 57.0. The van der Waals surface area contributed by atoms with E-state index in [0.29, 0.717) is 0 Å². The Kier molecular flexibility index (Phi) is 13.0. The molecule has 3 aliphatic carbocycles. The minimum absolute atomic E-state index is 0.00574. The molecule has 0 spiro atoms. The molecule has 460 valence electrons. The molecule has 10 aromatic carbocycles. The van der Waals surface area contributed by atoms with Gasteiger partial charge in [-0.2, -0.15) is 0 Å². The van der Waals surface area contributed by atoms with Crippen LogP contribution in [-0.4, -0.2) is 12.3 Å². The van der Waals surface area contributed by atoms with E-state index in [2.05, 4.69) is 318 Å². The summed E-state index contributed by atoms with van der Waals surface area (Å²) in [6.07, 6.45) is 8.03. The first kappa shape index (κ1) is 58.7. The molecule has 0 radical (unpaired) electrons. The zero-order chi connectivity index (χ0) is 63.8. The average molecular weight is 1200 g/mol. The van der Waals surface area contributed by atoms with Crippen LogP contribution in [0.4, 0.5) is 45.5 Å². The molecule has 2 unspecified atom stereocenters. The summed E-state index contributed by atoms with van der Waals surface area (Å²) in [7, 11) is 0. The van der Waals surface area contributed by atoms with Crippen LogP contribution >= 0.6 is 0 Å². The summed E-state index contributed by atoms with van der Waals surface area (Å²) in [6, 6.07) is 81.7. The third kappa shape index (κ3) is 8.59. The fourth-order valence-electron chi connectivity index (χ4n) is 18.4. The summed E-state index contributed by atoms with van der Waals surface area (Å²) in [5.74, 6) is 0. The Hall–Kier alpha value is -8.34. The first-order valence-electron chi connectivity index (χ1n) is 34.5. The van der Waals surface area contributed by atoms with Crippen molar-refractivity contribution in [2.45, 2.75) is 180 Å². The highest BCUT2D eigenvalue weighted by Crippen LogP contribution is 2.63. The van der Waals surface area contributed by atoms with Crippen LogP contribution in [0.3, 0.4) is 0 Å². The molecule has 0 aromatic heterocycles. The number of nitrogens with zero attached hydrogens (tertiary/aromatic N) is 3. The van der Waals surface area contributed by atoms with Crippen molar-refractivity contribution in [3.05, 3.63) is 256 Å². The van der Waals surface area contributed by atoms with Crippen LogP contribution in [0.15, 0.2) is 206 Å². The third-order valence-corrected chi connectivity index (χ3v) is 23.9. The Morgan fingerprint density at radius 1 is 0.359 bits per heavy atom. The van der Waals surface area contributed by atoms with Crippen molar-refractivity contribution in [3.8, 4) is 33.4 Å². The van der Waals surface area contributed by atoms with E-state index >= 15 is 0 Å². The van der Waals surface area contributed by atoms with Crippen molar-refractivity contribution in [1.29, 1.82) is 0 Å². The molecule has 2 atom stereocenters. The minimum atomic E-state index is -0.287. The highest BCUT2D eigenvalue weighted by molar-refractivity contribution is 7.00. The van der Waals surface area contributed by atoms with Gasteiger partial charge in [-0.3, -0.25) is 0 Å². The lowest BCUT2D eigenvalue weighted by Gasteiger charge is -2.51. The van der Waals surface area contributed by atoms with Crippen molar-refractivity contribution >= 4 is 68.6 Å². The van der Waals surface area contributed by atoms with E-state index in [1.807, 2.05) is 0 Å². The molecule has 0 saturated heterocycles. The Morgan fingerprint density at radius 2 is 0.837 bits per heavy atom. The third-order valence-electron chi connectivity index (χ3n) is 23.9. The van der Waals surface area contributed by atoms with Crippen LogP contribution < -0.4 is 31.1 Å². The quantitative estimate of drug-likeness (QED) is 0.154. The highest BCUT2D eigenvalue weighted by Gasteiger charge is 2.59. The molecule has 92 heavy (non-hydrogen) atoms. The van der Waals surface area contributed by atoms with E-state index in [9.17, 15) is 0 Å². The molecule has 6 aliphatic rings. The van der Waals surface area contributed by atoms with E-state index in [1.165, 1.54) is 165 Å². The minimum Gasteiger partial charge on any atom is -0.334 e. The number of hydrogen-bond donors (Lipinski definition) is 0. The second-order valence-corrected chi connectivity index (χ2v) is 32.5. The van der Waals surface area contributed by atoms with Crippen molar-refractivity contribution < 1.29 is 0 Å². The summed E-state index contributed by atoms with van der Waals surface area (Å²) in [6.45, 7) is 34.3. The maximum atomic E-state index is 2.87. The van der Waals surface area contributed by atoms with Gasteiger partial charge in [0.05, 0.1) is 16.9 Å². The SMILES string of the molecule is CC(C)(C)c1ccc(N2c3cc4c(cc3B3c5cc6c(cc5N(c5ccc(C(C)(C)C)cc5-c5ccccc5)c5cc(N7c8ccc(-c9ccccc9)cc8C8(C)CCCCC78C)cc2c53)C(C)(C)c2ccccc2C6(C)C)CCCC4(C)C)c(-c2ccccc2)c1. The maximum absolute atomic E-state index is 2.87. The summed E-state index contributed by atoms with van der Waals surface area (Å²) in [5.41, 5.74) is 33.4. The number of rotatable bonds is 6. The van der Waals surface area contributed by atoms with Gasteiger partial charge in [0.15, 0.2) is 0 Å². The second kappa shape index (κ2) is 20.3. The van der Waals surface area contributed by atoms with Gasteiger partial charge in [0.1, 0.15) is 0 Å². The predicted octanol–water partition coefficient (Wildman–Crippen LogP) is 21.7. The van der Waals surface area contributed by atoms with E-state index in [4.69, 9.17) is 0 Å². The summed E-state index contributed by atoms with van der Waals surface area (Å²) in [4.78, 5) is 8.45. The fraction of sp³-hybridized carbons (Fsp3) is 0.318. The zero-order valence-corrected chi connectivity index (χ0v) is 57.0. The van der Waals surface area contributed by atoms with Gasteiger partial charge in [0, 0.05) is 61.5 Å². The second-order valence-electron chi connectivity index (χ2n) is 32.5. The smallest absolute Gasteiger partial charge is 0.252 e. The van der Waals surface area contributed by atoms with Crippen molar-refractivity contribution in [2.75, 3.05) is 14.7 Å². The number of benzene rings is 10. The van der Waals surface area contributed by atoms with Crippen molar-refractivity contribution in [3.63, 3.8) is 0 Å². The molecule has 1 saturated carbocycles. The molecular weight excluding hydrogens is 1110 g/mol. The lowest BCUT2D eigenvalue weighted by atomic mass is 9.32. The van der Waals surface area contributed by atoms with Gasteiger partial charge in [0.2, 0.25) is 0 Å². The van der Waals surface area contributed by atoms with Crippen LogP contribution in [0.25, 0.3) is 33.4 Å². The monoisotopic (exact) mass is 1200 g/mol. The number of anilines is 8. The lowest BCUT2D eigenvalue weighted by Crippen LogP contribution is -2.62. The molecule has 10 aromatic rings. The Balaban J connectivity index is 1.09. The number of fused-ring (bicyclic) bond motifs is 10. The topological polar surface area (TPSA) is 9.72 Å². The highest BCUT2D eigenvalue weighted by atomic mass is 15.3. The van der Waals surface area contributed by atoms with E-state index in [-0.39, 0.29) is 44.7 Å². The summed E-state index contributed by atoms with van der Waals surface area (Å²) >= 11 is 0. The maximum Gasteiger partial charge on any atom is 0.252 e. The van der Waals surface area contributed by atoms with Gasteiger partial charge in [-0.1, -0.05) is 248 Å². The van der Waals surface area contributed by atoms with Gasteiger partial charge >= 0.3 is 0 Å². The normalized spacial score (nSPS) is 20.2. The molecule has 0 N–H and O–H groups in total. The molecule has 4 heteroatoms. The van der Waals surface area contributed by atoms with Crippen molar-refractivity contribution in [2.24, 2.45) is 0 Å². The molecule has 16 rings (SSSR count). The molecular formula is C88H90BN3. The average Bonchev–Trinajstić information content (AvgIpc) is 1.33. The number of aryl methyl sites for hydroxylation is 1. The Morgan fingerprint density at radius 3 is 1.38 bits per heavy atom. The summed E-state index contributed by atoms with van der Waals surface area (Å²) in [5, 5.41) is 0. The molecule has 3 heterocycles. The van der Waals surface area contributed by atoms with Crippen LogP contribution in [-0.2, 0) is 38.9 Å². The van der Waals surface area contributed by atoms with Crippen LogP contribution in [0.5, 0.6) is 0 Å². The van der Waals surface area contributed by atoms with Crippen LogP contribution in [0, 0.1) is 0 Å². The standard InChI is InChI=1S/C88H90BN3/c1-82(2,3)61-39-42-74(64(49-61)57-31-20-16-21-32-57)90-77-54-68-60(35-28-44-84(68,7)8)48-72(77)89-73-53-69-70(86(11,12)67-37-25-24-36-66(67)85(69,9)10)55-78(73)91(75-43-40-62(83(4,5)6)50-65(75)58-33-22-17-23-34-58)80-52-63(51-79(90)81(80)89)92-76-41-38-59(56-29-18-15-19-30-56)47-71(76)87(13)45-26-27-46-88(87,92)14/h15-25,29-34,36-43,47-55H,26-28,35,44-46H2,1-14H3. The van der Waals surface area contributed by atoms with E-state index in [0.717, 1.165) is 25.7 Å². The predicted molar refractivity (Wildman–Crippen MR) is 394 cm³/mol. The fourth-order valence-corrected chi connectivity index (χ4v) is 18.4. The lowest BCUT2D eigenvalue weighted by molar-refractivity contribution is 0.195. The van der Waals surface area contributed by atoms with Gasteiger partial charge < -0.3 is 14.7 Å². The van der Waals surface area contributed by atoms with Crippen LogP contribution in [0.1, 0.15) is 186 Å². The van der Waals surface area contributed by atoms with Crippen LogP contribution in [0.2, 0.25) is 0 Å². The van der Waals surface area contributed by atoms with Gasteiger partial charge in [-0.25, -0.2) is 0 Å². The van der Waals surface area contributed by atoms with Gasteiger partial charge in [-0.05, 0) is 205 Å². The first-order chi connectivity index (χ1) is 43.9. The summed E-state index contributed by atoms with van der Waals surface area (Å²) < 4.78 is 0. The Labute approximate surface area is 549 Å². The molecule has 0 bridgehead atoms. The van der Waals surface area contributed by atoms with E-state index in [1.54, 1.807) is 0 Å². The van der Waals surface area contributed by atoms with Crippen molar-refractivity contribution in [1.82, 2.24) is 0 Å². The number of hydrogen-bond acceptors (Lipinski definition) is 3. The van der Waals surface area contributed by atoms with Gasteiger partial charge in [0.25, 0.3) is 6.71 Å². The largest absolute Gasteiger partial charge is 0.334 e. The molecule has 1 fully saturated rings. The first-order valence-corrected chi connectivity index (χ1v) is 34.5. The molecule has 3 aliphatic heterocycles. The Bertz CT molecular complexity index is 4650. The van der Waals surface area contributed by atoms with Gasteiger partial charge in [-0.15, -0.1) is 0 Å². The molecule has 3 nitrogen and oxygen atoms in total. The van der Waals surface area contributed by atoms with E-state index < -0.39 is 0 Å². The molecule has 0 amide bonds.